The number of benzene rings is 2. The zero-order chi connectivity index (χ0) is 15.4. The van der Waals surface area contributed by atoms with Crippen molar-refractivity contribution in [1.82, 2.24) is 0 Å². The summed E-state index contributed by atoms with van der Waals surface area (Å²) in [6.07, 6.45) is 0. The van der Waals surface area contributed by atoms with Gasteiger partial charge in [0, 0.05) is 11.1 Å². The molecule has 0 saturated carbocycles. The van der Waals surface area contributed by atoms with Crippen LogP contribution in [-0.4, -0.2) is 11.7 Å². The number of hydrogen-bond acceptors (Lipinski definition) is 2. The molecule has 0 saturated heterocycles. The highest BCUT2D eigenvalue weighted by Gasteiger charge is 2.07. The van der Waals surface area contributed by atoms with Crippen LogP contribution in [0, 0.1) is 20.8 Å². The van der Waals surface area contributed by atoms with Gasteiger partial charge in [0.25, 0.3) is 0 Å². The molecule has 2 aromatic rings. The van der Waals surface area contributed by atoms with Gasteiger partial charge in [0.05, 0.1) is 0 Å². The zero-order valence-electron chi connectivity index (χ0n) is 12.6. The molecule has 0 spiro atoms. The van der Waals surface area contributed by atoms with Gasteiger partial charge >= 0.3 is 0 Å². The standard InChI is InChI=1S/C17H20N4/c1-11-7-4-5-10-14(11)16(18)20-21-17(19)15-12(2)8-6-9-13(15)3/h4-10H,1-3H3,(H2,18,20)(H2,19,21). The smallest absolute Gasteiger partial charge is 0.153 e. The van der Waals surface area contributed by atoms with Crippen LogP contribution in [0.25, 0.3) is 0 Å². The Morgan fingerprint density at radius 2 is 1.24 bits per heavy atom. The van der Waals surface area contributed by atoms with Crippen LogP contribution >= 0.6 is 0 Å². The van der Waals surface area contributed by atoms with Crippen molar-refractivity contribution in [3.63, 3.8) is 0 Å². The van der Waals surface area contributed by atoms with Gasteiger partial charge in [-0.1, -0.05) is 42.5 Å². The number of aryl methyl sites for hydroxylation is 3. The first-order valence-corrected chi connectivity index (χ1v) is 6.80. The van der Waals surface area contributed by atoms with Crippen LogP contribution in [0.1, 0.15) is 27.8 Å². The minimum Gasteiger partial charge on any atom is -0.382 e. The normalized spacial score (nSPS) is 12.5. The molecule has 4 nitrogen and oxygen atoms in total. The Morgan fingerprint density at radius 1 is 0.714 bits per heavy atom. The summed E-state index contributed by atoms with van der Waals surface area (Å²) in [4.78, 5) is 0. The van der Waals surface area contributed by atoms with Crippen molar-refractivity contribution >= 4 is 11.7 Å². The lowest BCUT2D eigenvalue weighted by Crippen LogP contribution is -2.18. The third-order valence-corrected chi connectivity index (χ3v) is 3.42. The summed E-state index contributed by atoms with van der Waals surface area (Å²) in [7, 11) is 0. The van der Waals surface area contributed by atoms with Gasteiger partial charge in [0.1, 0.15) is 0 Å². The maximum Gasteiger partial charge on any atom is 0.153 e. The van der Waals surface area contributed by atoms with E-state index in [4.69, 9.17) is 11.5 Å². The molecular weight excluding hydrogens is 260 g/mol. The summed E-state index contributed by atoms with van der Waals surface area (Å²) in [5.74, 6) is 0.740. The lowest BCUT2D eigenvalue weighted by molar-refractivity contribution is 1.19. The zero-order valence-corrected chi connectivity index (χ0v) is 12.6. The van der Waals surface area contributed by atoms with Crippen LogP contribution in [0.2, 0.25) is 0 Å². The van der Waals surface area contributed by atoms with Gasteiger partial charge < -0.3 is 11.5 Å². The van der Waals surface area contributed by atoms with Gasteiger partial charge in [0.2, 0.25) is 0 Å². The first kappa shape index (κ1) is 14.8. The van der Waals surface area contributed by atoms with Gasteiger partial charge in [-0.05, 0) is 37.5 Å². The predicted octanol–water partition coefficient (Wildman–Crippen LogP) is 2.64. The van der Waals surface area contributed by atoms with E-state index in [1.165, 1.54) is 0 Å². The fraction of sp³-hybridized carbons (Fsp3) is 0.176. The van der Waals surface area contributed by atoms with Crippen LogP contribution in [0.4, 0.5) is 0 Å². The Balaban J connectivity index is 2.36. The monoisotopic (exact) mass is 280 g/mol. The van der Waals surface area contributed by atoms with Crippen molar-refractivity contribution in [3.05, 3.63) is 70.3 Å². The number of rotatable bonds is 3. The Bertz CT molecular complexity index is 694. The van der Waals surface area contributed by atoms with E-state index >= 15 is 0 Å². The van der Waals surface area contributed by atoms with Crippen molar-refractivity contribution in [2.24, 2.45) is 21.7 Å². The van der Waals surface area contributed by atoms with Crippen molar-refractivity contribution < 1.29 is 0 Å². The molecule has 21 heavy (non-hydrogen) atoms. The van der Waals surface area contributed by atoms with E-state index in [-0.39, 0.29) is 0 Å². The van der Waals surface area contributed by atoms with Gasteiger partial charge in [-0.3, -0.25) is 0 Å². The molecule has 0 fully saturated rings. The quantitative estimate of drug-likeness (QED) is 0.515. The van der Waals surface area contributed by atoms with E-state index < -0.39 is 0 Å². The average Bonchev–Trinajstić information content (AvgIpc) is 2.45. The summed E-state index contributed by atoms with van der Waals surface area (Å²) in [6, 6.07) is 13.8. The van der Waals surface area contributed by atoms with Gasteiger partial charge in [0.15, 0.2) is 11.7 Å². The number of amidine groups is 2. The molecule has 4 N–H and O–H groups in total. The van der Waals surface area contributed by atoms with Crippen LogP contribution in [-0.2, 0) is 0 Å². The van der Waals surface area contributed by atoms with Gasteiger partial charge in [-0.15, -0.1) is 10.2 Å². The minimum atomic E-state index is 0.363. The molecular formula is C17H20N4. The minimum absolute atomic E-state index is 0.363. The van der Waals surface area contributed by atoms with Crippen LogP contribution in [0.15, 0.2) is 52.7 Å². The molecule has 0 aromatic heterocycles. The molecule has 0 atom stereocenters. The number of hydrogen-bond donors (Lipinski definition) is 2. The van der Waals surface area contributed by atoms with E-state index in [1.54, 1.807) is 0 Å². The molecule has 0 unspecified atom stereocenters. The highest BCUT2D eigenvalue weighted by atomic mass is 15.3. The molecule has 0 aliphatic rings. The first-order chi connectivity index (χ1) is 10.0. The highest BCUT2D eigenvalue weighted by molar-refractivity contribution is 6.02. The molecule has 0 bridgehead atoms. The average molecular weight is 280 g/mol. The van der Waals surface area contributed by atoms with Gasteiger partial charge in [-0.25, -0.2) is 0 Å². The Kier molecular flexibility index (Phi) is 4.38. The molecule has 0 heterocycles. The summed E-state index contributed by atoms with van der Waals surface area (Å²) >= 11 is 0. The fourth-order valence-electron chi connectivity index (χ4n) is 2.29. The van der Waals surface area contributed by atoms with E-state index in [2.05, 4.69) is 10.2 Å². The maximum absolute atomic E-state index is 6.05. The highest BCUT2D eigenvalue weighted by Crippen LogP contribution is 2.13. The van der Waals surface area contributed by atoms with Crippen molar-refractivity contribution in [2.45, 2.75) is 20.8 Å². The number of nitrogens with two attached hydrogens (primary N) is 2. The van der Waals surface area contributed by atoms with Crippen molar-refractivity contribution in [3.8, 4) is 0 Å². The van der Waals surface area contributed by atoms with E-state index in [1.807, 2.05) is 63.2 Å². The second-order valence-electron chi connectivity index (χ2n) is 5.05. The Hall–Kier alpha value is -2.62. The molecule has 4 heteroatoms. The van der Waals surface area contributed by atoms with Crippen LogP contribution < -0.4 is 11.5 Å². The molecule has 108 valence electrons. The third-order valence-electron chi connectivity index (χ3n) is 3.42. The lowest BCUT2D eigenvalue weighted by atomic mass is 10.0. The second kappa shape index (κ2) is 6.22. The molecule has 0 amide bonds. The van der Waals surface area contributed by atoms with Crippen molar-refractivity contribution in [1.29, 1.82) is 0 Å². The first-order valence-electron chi connectivity index (χ1n) is 6.80. The van der Waals surface area contributed by atoms with E-state index in [0.29, 0.717) is 11.7 Å². The molecule has 2 aromatic carbocycles. The third kappa shape index (κ3) is 3.28. The summed E-state index contributed by atoms with van der Waals surface area (Å²) in [5, 5.41) is 8.16. The molecule has 0 aliphatic heterocycles. The van der Waals surface area contributed by atoms with Crippen LogP contribution in [0.5, 0.6) is 0 Å². The Labute approximate surface area is 125 Å². The molecule has 2 rings (SSSR count). The van der Waals surface area contributed by atoms with Gasteiger partial charge in [-0.2, -0.15) is 0 Å². The summed E-state index contributed by atoms with van der Waals surface area (Å²) < 4.78 is 0. The maximum atomic E-state index is 6.05. The molecule has 0 radical (unpaired) electrons. The second-order valence-corrected chi connectivity index (χ2v) is 5.05. The SMILES string of the molecule is Cc1ccccc1/C(N)=N/N=C(\N)c1c(C)cccc1C. The van der Waals surface area contributed by atoms with Crippen molar-refractivity contribution in [2.75, 3.05) is 0 Å². The predicted molar refractivity (Wildman–Crippen MR) is 88.5 cm³/mol. The lowest BCUT2D eigenvalue weighted by Gasteiger charge is -2.08. The van der Waals surface area contributed by atoms with Crippen LogP contribution in [0.3, 0.4) is 0 Å². The summed E-state index contributed by atoms with van der Waals surface area (Å²) in [6.45, 7) is 5.98. The summed E-state index contributed by atoms with van der Waals surface area (Å²) in [5.41, 5.74) is 17.0. The largest absolute Gasteiger partial charge is 0.382 e. The fourth-order valence-corrected chi connectivity index (χ4v) is 2.29. The Morgan fingerprint density at radius 3 is 1.86 bits per heavy atom. The molecule has 0 aliphatic carbocycles. The number of nitrogens with zero attached hydrogens (tertiary/aromatic N) is 2. The topological polar surface area (TPSA) is 76.8 Å². The van der Waals surface area contributed by atoms with E-state index in [0.717, 1.165) is 27.8 Å². The van der Waals surface area contributed by atoms with E-state index in [9.17, 15) is 0 Å².